The van der Waals surface area contributed by atoms with Gasteiger partial charge in [-0.2, -0.15) is 0 Å². The van der Waals surface area contributed by atoms with Crippen molar-refractivity contribution in [3.05, 3.63) is 60.7 Å². The first-order chi connectivity index (χ1) is 12.9. The summed E-state index contributed by atoms with van der Waals surface area (Å²) in [5.74, 6) is 0.156. The van der Waals surface area contributed by atoms with E-state index in [9.17, 15) is 13.5 Å². The van der Waals surface area contributed by atoms with Gasteiger partial charge in [0.2, 0.25) is 10.0 Å². The zero-order chi connectivity index (χ0) is 19.4. The molecule has 27 heavy (non-hydrogen) atoms. The average molecular weight is 402 g/mol. The molecular formula is C21H23NO3S2. The number of phenols is 1. The number of benzene rings is 3. The molecule has 0 amide bonds. The van der Waals surface area contributed by atoms with E-state index in [0.717, 1.165) is 11.3 Å². The van der Waals surface area contributed by atoms with Crippen molar-refractivity contribution in [3.8, 4) is 5.75 Å². The Bertz CT molecular complexity index is 1030. The Morgan fingerprint density at radius 1 is 1.04 bits per heavy atom. The Hall–Kier alpha value is -2.18. The quantitative estimate of drug-likeness (QED) is 0.504. The van der Waals surface area contributed by atoms with Gasteiger partial charge < -0.3 is 5.11 Å². The molecule has 4 nitrogen and oxygen atoms in total. The minimum Gasteiger partial charge on any atom is -0.506 e. The maximum atomic E-state index is 12.7. The van der Waals surface area contributed by atoms with Crippen LogP contribution in [0, 0.1) is 0 Å². The number of anilines is 1. The molecule has 3 aromatic carbocycles. The Morgan fingerprint density at radius 3 is 2.33 bits per heavy atom. The second-order valence-electron chi connectivity index (χ2n) is 6.48. The summed E-state index contributed by atoms with van der Waals surface area (Å²) in [6.45, 7) is 3.69. The Kier molecular flexibility index (Phi) is 5.97. The van der Waals surface area contributed by atoms with Gasteiger partial charge in [-0.1, -0.05) is 67.6 Å². The maximum Gasteiger partial charge on any atom is 0.235 e. The average Bonchev–Trinajstić information content (AvgIpc) is 2.66. The molecule has 6 heteroatoms. The number of rotatable bonds is 7. The van der Waals surface area contributed by atoms with E-state index in [1.54, 1.807) is 19.1 Å². The molecule has 1 unspecified atom stereocenters. The van der Waals surface area contributed by atoms with E-state index in [1.165, 1.54) is 11.8 Å². The van der Waals surface area contributed by atoms with Gasteiger partial charge in [0, 0.05) is 15.7 Å². The summed E-state index contributed by atoms with van der Waals surface area (Å²) in [6, 6.07) is 18.7. The van der Waals surface area contributed by atoms with Crippen molar-refractivity contribution in [2.45, 2.75) is 41.7 Å². The lowest BCUT2D eigenvalue weighted by molar-refractivity contribution is 0.469. The highest BCUT2D eigenvalue weighted by molar-refractivity contribution is 7.99. The number of fused-ring (bicyclic) bond motifs is 1. The maximum absolute atomic E-state index is 12.7. The van der Waals surface area contributed by atoms with Crippen molar-refractivity contribution in [3.63, 3.8) is 0 Å². The van der Waals surface area contributed by atoms with Crippen LogP contribution in [0.5, 0.6) is 5.75 Å². The van der Waals surface area contributed by atoms with Crippen LogP contribution in [0.15, 0.2) is 70.5 Å². The minimum absolute atomic E-state index is 0.156. The van der Waals surface area contributed by atoms with Gasteiger partial charge in [-0.15, -0.1) is 0 Å². The fraction of sp³-hybridized carbons (Fsp3) is 0.238. The zero-order valence-electron chi connectivity index (χ0n) is 15.3. The van der Waals surface area contributed by atoms with E-state index >= 15 is 0 Å². The first kappa shape index (κ1) is 19.6. The fourth-order valence-electron chi connectivity index (χ4n) is 2.93. The summed E-state index contributed by atoms with van der Waals surface area (Å²) < 4.78 is 28.2. The van der Waals surface area contributed by atoms with E-state index < -0.39 is 15.3 Å². The van der Waals surface area contributed by atoms with Crippen LogP contribution >= 0.6 is 11.8 Å². The van der Waals surface area contributed by atoms with Gasteiger partial charge in [-0.05, 0) is 31.5 Å². The van der Waals surface area contributed by atoms with E-state index in [2.05, 4.69) is 4.72 Å². The number of phenolic OH excluding ortho intramolecular Hbond substituents is 1. The Balaban J connectivity index is 2.07. The van der Waals surface area contributed by atoms with Crippen molar-refractivity contribution in [2.75, 3.05) is 4.72 Å². The molecule has 3 aromatic rings. The van der Waals surface area contributed by atoms with Crippen LogP contribution in [0.2, 0.25) is 0 Å². The predicted octanol–water partition coefficient (Wildman–Crippen LogP) is 5.63. The second kappa shape index (κ2) is 8.23. The molecule has 142 valence electrons. The molecule has 0 radical (unpaired) electrons. The predicted molar refractivity (Wildman–Crippen MR) is 113 cm³/mol. The lowest BCUT2D eigenvalue weighted by atomic mass is 10.1. The standard InChI is InChI=1S/C21H23NO3S2/c1-3-9-15(2)27(24,25)22-19-14-20(26-16-10-5-4-6-11-16)21(23)18-13-8-7-12-17(18)19/h4-8,10-15,22-23H,3,9H2,1-2H3. The molecule has 2 N–H and O–H groups in total. The smallest absolute Gasteiger partial charge is 0.235 e. The van der Waals surface area contributed by atoms with Gasteiger partial charge >= 0.3 is 0 Å². The van der Waals surface area contributed by atoms with Gasteiger partial charge in [0.25, 0.3) is 0 Å². The monoisotopic (exact) mass is 401 g/mol. The largest absolute Gasteiger partial charge is 0.506 e. The Morgan fingerprint density at radius 2 is 1.67 bits per heavy atom. The molecule has 0 saturated carbocycles. The summed E-state index contributed by atoms with van der Waals surface area (Å²) >= 11 is 1.40. The van der Waals surface area contributed by atoms with E-state index in [0.29, 0.717) is 27.8 Å². The van der Waals surface area contributed by atoms with Gasteiger partial charge in [0.05, 0.1) is 15.8 Å². The fourth-order valence-corrected chi connectivity index (χ4v) is 5.08. The summed E-state index contributed by atoms with van der Waals surface area (Å²) in [7, 11) is -3.51. The molecule has 0 spiro atoms. The van der Waals surface area contributed by atoms with Gasteiger partial charge in [-0.25, -0.2) is 8.42 Å². The highest BCUT2D eigenvalue weighted by Crippen LogP contribution is 2.42. The molecule has 0 bridgehead atoms. The summed E-state index contributed by atoms with van der Waals surface area (Å²) in [5.41, 5.74) is 0.491. The van der Waals surface area contributed by atoms with Crippen molar-refractivity contribution in [1.82, 2.24) is 0 Å². The lowest BCUT2D eigenvalue weighted by Gasteiger charge is -2.17. The first-order valence-electron chi connectivity index (χ1n) is 8.91. The molecular weight excluding hydrogens is 378 g/mol. The van der Waals surface area contributed by atoms with E-state index in [4.69, 9.17) is 0 Å². The highest BCUT2D eigenvalue weighted by atomic mass is 32.2. The zero-order valence-corrected chi connectivity index (χ0v) is 17.0. The molecule has 0 aliphatic heterocycles. The highest BCUT2D eigenvalue weighted by Gasteiger charge is 2.22. The van der Waals surface area contributed by atoms with E-state index in [1.807, 2.05) is 55.5 Å². The number of aromatic hydroxyl groups is 1. The first-order valence-corrected chi connectivity index (χ1v) is 11.3. The van der Waals surface area contributed by atoms with Gasteiger partial charge in [-0.3, -0.25) is 4.72 Å². The van der Waals surface area contributed by atoms with Crippen LogP contribution < -0.4 is 4.72 Å². The van der Waals surface area contributed by atoms with Crippen LogP contribution in [0.25, 0.3) is 10.8 Å². The number of hydrogen-bond donors (Lipinski definition) is 2. The van der Waals surface area contributed by atoms with Gasteiger partial charge in [0.1, 0.15) is 5.75 Å². The van der Waals surface area contributed by atoms with Crippen molar-refractivity contribution in [1.29, 1.82) is 0 Å². The Labute approximate surface area is 164 Å². The van der Waals surface area contributed by atoms with Gasteiger partial charge in [0.15, 0.2) is 0 Å². The topological polar surface area (TPSA) is 66.4 Å². The number of sulfonamides is 1. The van der Waals surface area contributed by atoms with Crippen molar-refractivity contribution in [2.24, 2.45) is 0 Å². The van der Waals surface area contributed by atoms with Crippen LogP contribution in [0.1, 0.15) is 26.7 Å². The third-order valence-corrected chi connectivity index (χ3v) is 7.27. The molecule has 0 aromatic heterocycles. The third-order valence-electron chi connectivity index (χ3n) is 4.43. The lowest BCUT2D eigenvalue weighted by Crippen LogP contribution is -2.25. The summed E-state index contributed by atoms with van der Waals surface area (Å²) in [5, 5.41) is 11.5. The minimum atomic E-state index is -3.51. The molecule has 0 fully saturated rings. The van der Waals surface area contributed by atoms with Crippen LogP contribution in [0.3, 0.4) is 0 Å². The third kappa shape index (κ3) is 4.39. The van der Waals surface area contributed by atoms with Crippen molar-refractivity contribution < 1.29 is 13.5 Å². The van der Waals surface area contributed by atoms with Crippen LogP contribution in [-0.2, 0) is 10.0 Å². The molecule has 1 atom stereocenters. The molecule has 0 heterocycles. The summed E-state index contributed by atoms with van der Waals surface area (Å²) in [6.07, 6.45) is 1.39. The number of hydrogen-bond acceptors (Lipinski definition) is 4. The normalized spacial score (nSPS) is 12.8. The molecule has 0 saturated heterocycles. The second-order valence-corrected chi connectivity index (χ2v) is 9.69. The summed E-state index contributed by atoms with van der Waals surface area (Å²) in [4.78, 5) is 1.58. The SMILES string of the molecule is CCCC(C)S(=O)(=O)Nc1cc(Sc2ccccc2)c(O)c2ccccc12. The molecule has 0 aliphatic carbocycles. The van der Waals surface area contributed by atoms with Crippen molar-refractivity contribution >= 4 is 38.2 Å². The molecule has 3 rings (SSSR count). The molecule has 0 aliphatic rings. The number of nitrogens with one attached hydrogen (secondary N) is 1. The van der Waals surface area contributed by atoms with Crippen LogP contribution in [-0.4, -0.2) is 18.8 Å². The van der Waals surface area contributed by atoms with Crippen LogP contribution in [0.4, 0.5) is 5.69 Å². The van der Waals surface area contributed by atoms with E-state index in [-0.39, 0.29) is 5.75 Å².